The quantitative estimate of drug-likeness (QED) is 0.754. The van der Waals surface area contributed by atoms with E-state index in [-0.39, 0.29) is 5.97 Å². The number of ether oxygens (including phenoxy) is 1. The van der Waals surface area contributed by atoms with Gasteiger partial charge >= 0.3 is 5.97 Å². The lowest BCUT2D eigenvalue weighted by Crippen LogP contribution is -2.30. The summed E-state index contributed by atoms with van der Waals surface area (Å²) in [5, 5.41) is 0. The molecule has 0 aliphatic carbocycles. The van der Waals surface area contributed by atoms with E-state index in [1.165, 1.54) is 7.11 Å². The second-order valence-electron chi connectivity index (χ2n) is 4.98. The lowest BCUT2D eigenvalue weighted by atomic mass is 10.0. The first-order valence-corrected chi connectivity index (χ1v) is 6.23. The van der Waals surface area contributed by atoms with E-state index in [4.69, 9.17) is 4.74 Å². The molecular weight excluding hydrogens is 228 g/mol. The Balaban J connectivity index is 2.85. The van der Waals surface area contributed by atoms with E-state index in [9.17, 15) is 4.79 Å². The molecule has 1 aromatic rings. The van der Waals surface area contributed by atoms with Crippen molar-refractivity contribution >= 4 is 11.8 Å². The van der Waals surface area contributed by atoms with Crippen LogP contribution in [0, 0.1) is 5.92 Å². The molecule has 0 aliphatic rings. The van der Waals surface area contributed by atoms with Gasteiger partial charge in [-0.15, -0.1) is 0 Å². The largest absolute Gasteiger partial charge is 0.465 e. The summed E-state index contributed by atoms with van der Waals surface area (Å²) in [4.78, 5) is 17.9. The minimum Gasteiger partial charge on any atom is -0.465 e. The summed E-state index contributed by atoms with van der Waals surface area (Å²) < 4.78 is 4.71. The molecule has 1 rings (SSSR count). The smallest absolute Gasteiger partial charge is 0.338 e. The van der Waals surface area contributed by atoms with E-state index in [0.29, 0.717) is 17.5 Å². The Hall–Kier alpha value is -1.58. The molecule has 0 saturated heterocycles. The Bertz CT molecular complexity index is 405. The van der Waals surface area contributed by atoms with E-state index in [0.717, 1.165) is 12.2 Å². The van der Waals surface area contributed by atoms with Crippen molar-refractivity contribution in [3.05, 3.63) is 23.9 Å². The summed E-state index contributed by atoms with van der Waals surface area (Å²) >= 11 is 0. The first kappa shape index (κ1) is 14.5. The second kappa shape index (κ2) is 6.38. The Labute approximate surface area is 109 Å². The zero-order valence-electron chi connectivity index (χ0n) is 11.8. The van der Waals surface area contributed by atoms with E-state index < -0.39 is 0 Å². The standard InChI is InChI=1S/C14H22N2O2/c1-10(2)8-11(3)16(4)13-9-12(6-7-15-13)14(17)18-5/h6-7,9-11H,8H2,1-5H3. The van der Waals surface area contributed by atoms with E-state index in [2.05, 4.69) is 30.7 Å². The van der Waals surface area contributed by atoms with Gasteiger partial charge in [-0.05, 0) is 31.4 Å². The van der Waals surface area contributed by atoms with Crippen LogP contribution < -0.4 is 4.90 Å². The Morgan fingerprint density at radius 3 is 2.67 bits per heavy atom. The number of hydrogen-bond donors (Lipinski definition) is 0. The van der Waals surface area contributed by atoms with Crippen LogP contribution in [-0.2, 0) is 4.74 Å². The Morgan fingerprint density at radius 1 is 1.44 bits per heavy atom. The van der Waals surface area contributed by atoms with Gasteiger partial charge in [0.2, 0.25) is 0 Å². The monoisotopic (exact) mass is 250 g/mol. The molecule has 0 amide bonds. The lowest BCUT2D eigenvalue weighted by molar-refractivity contribution is 0.0600. The fourth-order valence-corrected chi connectivity index (χ4v) is 1.92. The zero-order valence-corrected chi connectivity index (χ0v) is 11.8. The molecule has 1 atom stereocenters. The number of hydrogen-bond acceptors (Lipinski definition) is 4. The van der Waals surface area contributed by atoms with Gasteiger partial charge in [-0.2, -0.15) is 0 Å². The molecule has 1 heterocycles. The number of pyridine rings is 1. The second-order valence-corrected chi connectivity index (χ2v) is 4.98. The summed E-state index contributed by atoms with van der Waals surface area (Å²) in [7, 11) is 3.38. The predicted octanol–water partition coefficient (Wildman–Crippen LogP) is 2.74. The van der Waals surface area contributed by atoms with Crippen molar-refractivity contribution in [3.8, 4) is 0 Å². The van der Waals surface area contributed by atoms with Crippen LogP contribution in [0.25, 0.3) is 0 Å². The van der Waals surface area contributed by atoms with Gasteiger partial charge in [0.25, 0.3) is 0 Å². The number of methoxy groups -OCH3 is 1. The average molecular weight is 250 g/mol. The highest BCUT2D eigenvalue weighted by Gasteiger charge is 2.14. The fraction of sp³-hybridized carbons (Fsp3) is 0.571. The van der Waals surface area contributed by atoms with Gasteiger partial charge in [-0.3, -0.25) is 0 Å². The van der Waals surface area contributed by atoms with Crippen LogP contribution >= 0.6 is 0 Å². The van der Waals surface area contributed by atoms with Crippen molar-refractivity contribution in [3.63, 3.8) is 0 Å². The van der Waals surface area contributed by atoms with Crippen LogP contribution in [0.3, 0.4) is 0 Å². The summed E-state index contributed by atoms with van der Waals surface area (Å²) in [5.41, 5.74) is 0.533. The normalized spacial score (nSPS) is 12.3. The molecule has 4 heteroatoms. The number of carbonyl (C=O) groups is 1. The highest BCUT2D eigenvalue weighted by atomic mass is 16.5. The number of rotatable bonds is 5. The van der Waals surface area contributed by atoms with Gasteiger partial charge in [0, 0.05) is 19.3 Å². The zero-order chi connectivity index (χ0) is 13.7. The summed E-state index contributed by atoms with van der Waals surface area (Å²) in [5.74, 6) is 1.10. The summed E-state index contributed by atoms with van der Waals surface area (Å²) in [6, 6.07) is 3.81. The number of anilines is 1. The first-order chi connectivity index (χ1) is 8.45. The van der Waals surface area contributed by atoms with Gasteiger partial charge in [-0.25, -0.2) is 9.78 Å². The van der Waals surface area contributed by atoms with Crippen molar-refractivity contribution in [1.82, 2.24) is 4.98 Å². The van der Waals surface area contributed by atoms with Crippen LogP contribution in [0.15, 0.2) is 18.3 Å². The van der Waals surface area contributed by atoms with E-state index >= 15 is 0 Å². The maximum Gasteiger partial charge on any atom is 0.338 e. The van der Waals surface area contributed by atoms with Gasteiger partial charge in [-0.1, -0.05) is 13.8 Å². The van der Waals surface area contributed by atoms with Crippen molar-refractivity contribution < 1.29 is 9.53 Å². The van der Waals surface area contributed by atoms with Crippen LogP contribution in [-0.4, -0.2) is 31.2 Å². The molecule has 1 unspecified atom stereocenters. The molecule has 0 spiro atoms. The molecule has 0 saturated carbocycles. The number of carbonyl (C=O) groups excluding carboxylic acids is 1. The summed E-state index contributed by atoms with van der Waals surface area (Å²) in [6.45, 7) is 6.55. The van der Waals surface area contributed by atoms with Crippen LogP contribution in [0.5, 0.6) is 0 Å². The number of nitrogens with zero attached hydrogens (tertiary/aromatic N) is 2. The minimum atomic E-state index is -0.330. The van der Waals surface area contributed by atoms with Crippen molar-refractivity contribution in [1.29, 1.82) is 0 Å². The van der Waals surface area contributed by atoms with Crippen molar-refractivity contribution in [2.75, 3.05) is 19.1 Å². The molecule has 0 radical (unpaired) electrons. The van der Waals surface area contributed by atoms with Gasteiger partial charge < -0.3 is 9.64 Å². The molecule has 0 fully saturated rings. The molecule has 18 heavy (non-hydrogen) atoms. The number of aromatic nitrogens is 1. The molecule has 0 N–H and O–H groups in total. The molecule has 4 nitrogen and oxygen atoms in total. The topological polar surface area (TPSA) is 42.4 Å². The third kappa shape index (κ3) is 3.72. The highest BCUT2D eigenvalue weighted by molar-refractivity contribution is 5.90. The van der Waals surface area contributed by atoms with E-state index in [1.807, 2.05) is 7.05 Å². The fourth-order valence-electron chi connectivity index (χ4n) is 1.92. The Kier molecular flexibility index (Phi) is 5.13. The van der Waals surface area contributed by atoms with Crippen LogP contribution in [0.1, 0.15) is 37.6 Å². The third-order valence-corrected chi connectivity index (χ3v) is 3.00. The van der Waals surface area contributed by atoms with Gasteiger partial charge in [0.15, 0.2) is 0 Å². The minimum absolute atomic E-state index is 0.330. The maximum absolute atomic E-state index is 11.5. The van der Waals surface area contributed by atoms with Crippen LogP contribution in [0.4, 0.5) is 5.82 Å². The molecule has 100 valence electrons. The molecule has 0 aromatic carbocycles. The van der Waals surface area contributed by atoms with Crippen molar-refractivity contribution in [2.24, 2.45) is 5.92 Å². The van der Waals surface area contributed by atoms with Crippen LogP contribution in [0.2, 0.25) is 0 Å². The first-order valence-electron chi connectivity index (χ1n) is 6.23. The molecule has 0 bridgehead atoms. The molecular formula is C14H22N2O2. The highest BCUT2D eigenvalue weighted by Crippen LogP contribution is 2.18. The lowest BCUT2D eigenvalue weighted by Gasteiger charge is -2.27. The van der Waals surface area contributed by atoms with E-state index in [1.54, 1.807) is 18.3 Å². The third-order valence-electron chi connectivity index (χ3n) is 3.00. The van der Waals surface area contributed by atoms with Crippen molar-refractivity contribution in [2.45, 2.75) is 33.2 Å². The molecule has 1 aromatic heterocycles. The van der Waals surface area contributed by atoms with Gasteiger partial charge in [0.1, 0.15) is 5.82 Å². The predicted molar refractivity (Wildman–Crippen MR) is 72.9 cm³/mol. The maximum atomic E-state index is 11.5. The Morgan fingerprint density at radius 2 is 2.11 bits per heavy atom. The average Bonchev–Trinajstić information content (AvgIpc) is 2.36. The summed E-state index contributed by atoms with van der Waals surface area (Å²) in [6.07, 6.45) is 2.72. The molecule has 0 aliphatic heterocycles. The van der Waals surface area contributed by atoms with Gasteiger partial charge in [0.05, 0.1) is 12.7 Å². The SMILES string of the molecule is COC(=O)c1ccnc(N(C)C(C)CC(C)C)c1. The number of esters is 1.